The molecule has 0 amide bonds. The van der Waals surface area contributed by atoms with Crippen LogP contribution in [0, 0.1) is 5.92 Å². The molecule has 0 unspecified atom stereocenters. The molecule has 8 heteroatoms. The molecule has 20 heavy (non-hydrogen) atoms. The van der Waals surface area contributed by atoms with Crippen molar-refractivity contribution < 1.29 is 13.2 Å². The van der Waals surface area contributed by atoms with E-state index in [9.17, 15) is 8.42 Å². The Morgan fingerprint density at radius 1 is 1.50 bits per heavy atom. The molecule has 2 heterocycles. The highest BCUT2D eigenvalue weighted by Gasteiger charge is 2.25. The molecular formula is C12H20N4O3S. The molecule has 0 saturated carbocycles. The van der Waals surface area contributed by atoms with Crippen LogP contribution in [0.5, 0.6) is 5.88 Å². The largest absolute Gasteiger partial charge is 0.481 e. The summed E-state index contributed by atoms with van der Waals surface area (Å²) >= 11 is 0. The first-order valence-corrected chi connectivity index (χ1v) is 8.39. The SMILES string of the molecule is COc1cc(NC[C@H]2CCCN(S(C)(=O)=O)C2)ncn1. The molecule has 0 spiro atoms. The summed E-state index contributed by atoms with van der Waals surface area (Å²) < 4.78 is 29.7. The fourth-order valence-corrected chi connectivity index (χ4v) is 3.23. The quantitative estimate of drug-likeness (QED) is 0.856. The summed E-state index contributed by atoms with van der Waals surface area (Å²) in [5.74, 6) is 1.48. The average Bonchev–Trinajstić information content (AvgIpc) is 2.45. The zero-order valence-electron chi connectivity index (χ0n) is 11.7. The zero-order chi connectivity index (χ0) is 14.6. The van der Waals surface area contributed by atoms with Crippen LogP contribution in [-0.2, 0) is 10.0 Å². The summed E-state index contributed by atoms with van der Waals surface area (Å²) in [4.78, 5) is 8.04. The van der Waals surface area contributed by atoms with Gasteiger partial charge in [0.15, 0.2) is 0 Å². The Morgan fingerprint density at radius 2 is 2.30 bits per heavy atom. The predicted molar refractivity (Wildman–Crippen MR) is 76.2 cm³/mol. The fourth-order valence-electron chi connectivity index (χ4n) is 2.29. The third-order valence-corrected chi connectivity index (χ3v) is 4.64. The summed E-state index contributed by atoms with van der Waals surface area (Å²) in [6.07, 6.45) is 4.61. The van der Waals surface area contributed by atoms with Gasteiger partial charge in [0.25, 0.3) is 0 Å². The van der Waals surface area contributed by atoms with Gasteiger partial charge < -0.3 is 10.1 Å². The standard InChI is InChI=1S/C12H20N4O3S/c1-19-12-6-11(14-9-15-12)13-7-10-4-3-5-16(8-10)20(2,17)18/h6,9-10H,3-5,7-8H2,1-2H3,(H,13,14,15)/t10-/m1/s1. The fraction of sp³-hybridized carbons (Fsp3) is 0.667. The minimum atomic E-state index is -3.09. The summed E-state index contributed by atoms with van der Waals surface area (Å²) in [6, 6.07) is 1.72. The van der Waals surface area contributed by atoms with E-state index in [1.54, 1.807) is 17.5 Å². The highest BCUT2D eigenvalue weighted by Crippen LogP contribution is 2.19. The lowest BCUT2D eigenvalue weighted by atomic mass is 10.00. The van der Waals surface area contributed by atoms with Crippen molar-refractivity contribution in [2.45, 2.75) is 12.8 Å². The Kier molecular flexibility index (Phi) is 4.77. The van der Waals surface area contributed by atoms with E-state index in [1.165, 1.54) is 12.6 Å². The molecule has 1 aromatic rings. The Labute approximate surface area is 119 Å². The third-order valence-electron chi connectivity index (χ3n) is 3.37. The molecule has 1 aromatic heterocycles. The highest BCUT2D eigenvalue weighted by molar-refractivity contribution is 7.88. The molecule has 1 N–H and O–H groups in total. The van der Waals surface area contributed by atoms with E-state index in [1.807, 2.05) is 0 Å². The molecule has 0 bridgehead atoms. The van der Waals surface area contributed by atoms with Crippen molar-refractivity contribution in [1.82, 2.24) is 14.3 Å². The van der Waals surface area contributed by atoms with E-state index in [0.29, 0.717) is 37.3 Å². The number of nitrogens with zero attached hydrogens (tertiary/aromatic N) is 3. The van der Waals surface area contributed by atoms with Gasteiger partial charge in [-0.25, -0.2) is 22.7 Å². The second kappa shape index (κ2) is 6.36. The predicted octanol–water partition coefficient (Wildman–Crippen LogP) is 0.569. The molecule has 0 aromatic carbocycles. The van der Waals surface area contributed by atoms with Crippen LogP contribution in [0.15, 0.2) is 12.4 Å². The molecule has 1 aliphatic heterocycles. The van der Waals surface area contributed by atoms with Crippen LogP contribution in [0.4, 0.5) is 5.82 Å². The number of sulfonamides is 1. The van der Waals surface area contributed by atoms with Crippen LogP contribution >= 0.6 is 0 Å². The van der Waals surface area contributed by atoms with Crippen molar-refractivity contribution >= 4 is 15.8 Å². The number of aromatic nitrogens is 2. The number of hydrogen-bond acceptors (Lipinski definition) is 6. The summed E-state index contributed by atoms with van der Waals surface area (Å²) in [5, 5.41) is 3.21. The maximum atomic E-state index is 11.6. The molecule has 2 rings (SSSR count). The van der Waals surface area contributed by atoms with Crippen molar-refractivity contribution in [3.63, 3.8) is 0 Å². The molecule has 1 atom stereocenters. The second-order valence-electron chi connectivity index (χ2n) is 4.96. The number of anilines is 1. The summed E-state index contributed by atoms with van der Waals surface area (Å²) in [5.41, 5.74) is 0. The number of rotatable bonds is 5. The van der Waals surface area contributed by atoms with Crippen LogP contribution in [0.2, 0.25) is 0 Å². The number of methoxy groups -OCH3 is 1. The van der Waals surface area contributed by atoms with Crippen LogP contribution in [0.3, 0.4) is 0 Å². The topological polar surface area (TPSA) is 84.4 Å². The maximum absolute atomic E-state index is 11.6. The van der Waals surface area contributed by atoms with Crippen LogP contribution in [0.25, 0.3) is 0 Å². The lowest BCUT2D eigenvalue weighted by Crippen LogP contribution is -2.41. The summed E-state index contributed by atoms with van der Waals surface area (Å²) in [6.45, 7) is 1.87. The Hall–Kier alpha value is -1.41. The smallest absolute Gasteiger partial charge is 0.218 e. The minimum Gasteiger partial charge on any atom is -0.481 e. The minimum absolute atomic E-state index is 0.291. The lowest BCUT2D eigenvalue weighted by Gasteiger charge is -2.31. The van der Waals surface area contributed by atoms with E-state index in [0.717, 1.165) is 12.8 Å². The van der Waals surface area contributed by atoms with Gasteiger partial charge in [0.05, 0.1) is 13.4 Å². The third kappa shape index (κ3) is 4.04. The molecule has 1 fully saturated rings. The van der Waals surface area contributed by atoms with E-state index in [4.69, 9.17) is 4.74 Å². The number of ether oxygens (including phenoxy) is 1. The first kappa shape index (κ1) is 15.0. The van der Waals surface area contributed by atoms with E-state index in [-0.39, 0.29) is 0 Å². The van der Waals surface area contributed by atoms with Gasteiger partial charge in [0.2, 0.25) is 15.9 Å². The van der Waals surface area contributed by atoms with E-state index >= 15 is 0 Å². The normalized spacial score (nSPS) is 20.6. The zero-order valence-corrected chi connectivity index (χ0v) is 12.6. The molecule has 0 aliphatic carbocycles. The second-order valence-corrected chi connectivity index (χ2v) is 6.94. The van der Waals surface area contributed by atoms with Crippen LogP contribution < -0.4 is 10.1 Å². The van der Waals surface area contributed by atoms with Gasteiger partial charge in [-0.15, -0.1) is 0 Å². The van der Waals surface area contributed by atoms with Crippen molar-refractivity contribution in [1.29, 1.82) is 0 Å². The first-order chi connectivity index (χ1) is 9.49. The van der Waals surface area contributed by atoms with Gasteiger partial charge >= 0.3 is 0 Å². The molecule has 112 valence electrons. The van der Waals surface area contributed by atoms with Gasteiger partial charge in [0, 0.05) is 25.7 Å². The molecular weight excluding hydrogens is 280 g/mol. The number of piperidine rings is 1. The highest BCUT2D eigenvalue weighted by atomic mass is 32.2. The first-order valence-electron chi connectivity index (χ1n) is 6.54. The maximum Gasteiger partial charge on any atom is 0.218 e. The number of hydrogen-bond donors (Lipinski definition) is 1. The number of nitrogens with one attached hydrogen (secondary N) is 1. The Balaban J connectivity index is 1.90. The lowest BCUT2D eigenvalue weighted by molar-refractivity contribution is 0.276. The Morgan fingerprint density at radius 3 is 3.00 bits per heavy atom. The van der Waals surface area contributed by atoms with E-state index in [2.05, 4.69) is 15.3 Å². The van der Waals surface area contributed by atoms with Gasteiger partial charge in [0.1, 0.15) is 12.1 Å². The molecule has 7 nitrogen and oxygen atoms in total. The van der Waals surface area contributed by atoms with Crippen molar-refractivity contribution in [3.8, 4) is 5.88 Å². The van der Waals surface area contributed by atoms with Crippen molar-refractivity contribution in [2.24, 2.45) is 5.92 Å². The molecule has 1 aliphatic rings. The molecule has 0 radical (unpaired) electrons. The van der Waals surface area contributed by atoms with Gasteiger partial charge in [-0.2, -0.15) is 0 Å². The molecule has 1 saturated heterocycles. The Bertz CT molecular complexity index is 549. The van der Waals surface area contributed by atoms with Crippen LogP contribution in [0.1, 0.15) is 12.8 Å². The monoisotopic (exact) mass is 300 g/mol. The van der Waals surface area contributed by atoms with Gasteiger partial charge in [-0.3, -0.25) is 0 Å². The van der Waals surface area contributed by atoms with Gasteiger partial charge in [-0.1, -0.05) is 0 Å². The van der Waals surface area contributed by atoms with Crippen molar-refractivity contribution in [2.75, 3.05) is 38.3 Å². The van der Waals surface area contributed by atoms with Crippen LogP contribution in [-0.4, -0.2) is 55.7 Å². The van der Waals surface area contributed by atoms with Gasteiger partial charge in [-0.05, 0) is 18.8 Å². The van der Waals surface area contributed by atoms with Crippen molar-refractivity contribution in [3.05, 3.63) is 12.4 Å². The summed E-state index contributed by atoms with van der Waals surface area (Å²) in [7, 11) is -1.54. The average molecular weight is 300 g/mol. The van der Waals surface area contributed by atoms with E-state index < -0.39 is 10.0 Å².